The van der Waals surface area contributed by atoms with Crippen LogP contribution in [0.2, 0.25) is 5.02 Å². The summed E-state index contributed by atoms with van der Waals surface area (Å²) in [4.78, 5) is 2.63. The van der Waals surface area contributed by atoms with Crippen LogP contribution in [0.3, 0.4) is 0 Å². The summed E-state index contributed by atoms with van der Waals surface area (Å²) >= 11 is 6.47. The predicted molar refractivity (Wildman–Crippen MR) is 76.1 cm³/mol. The van der Waals surface area contributed by atoms with Crippen molar-refractivity contribution < 1.29 is 0 Å². The second kappa shape index (κ2) is 5.20. The zero-order valence-corrected chi connectivity index (χ0v) is 11.7. The maximum absolute atomic E-state index is 6.47. The Hall–Kier alpha value is -0.570. The first-order chi connectivity index (χ1) is 8.77. The van der Waals surface area contributed by atoms with Gasteiger partial charge in [-0.05, 0) is 42.9 Å². The molecule has 1 heterocycles. The number of nitrogens with one attached hydrogen (secondary N) is 1. The molecular formula is C15H21ClN2. The normalized spacial score (nSPS) is 23.0. The second-order valence-corrected chi connectivity index (χ2v) is 5.95. The van der Waals surface area contributed by atoms with Gasteiger partial charge in [0, 0.05) is 37.2 Å². The fraction of sp³-hybridized carbons (Fsp3) is 0.600. The molecule has 3 heteroatoms. The molecule has 1 aromatic carbocycles. The Labute approximate surface area is 114 Å². The summed E-state index contributed by atoms with van der Waals surface area (Å²) in [5, 5.41) is 4.38. The fourth-order valence-corrected chi connectivity index (χ4v) is 3.44. The number of benzene rings is 1. The molecule has 1 atom stereocenters. The maximum Gasteiger partial charge on any atom is 0.0456 e. The standard InChI is InChI=1S/C15H21ClN2/c1-11-3-2-4-13(16)14(11)15(12-5-6-12)18-9-7-17-8-10-18/h2-4,12,15,17H,5-10H2,1H3/t15-/m0/s1. The van der Waals surface area contributed by atoms with Crippen LogP contribution in [-0.4, -0.2) is 31.1 Å². The minimum absolute atomic E-state index is 0.542. The largest absolute Gasteiger partial charge is 0.314 e. The average molecular weight is 265 g/mol. The number of piperazine rings is 1. The number of halogens is 1. The molecule has 1 aliphatic heterocycles. The maximum atomic E-state index is 6.47. The molecule has 2 nitrogen and oxygen atoms in total. The van der Waals surface area contributed by atoms with E-state index in [1.807, 2.05) is 6.07 Å². The fourth-order valence-electron chi connectivity index (χ4n) is 3.11. The minimum atomic E-state index is 0.542. The van der Waals surface area contributed by atoms with E-state index >= 15 is 0 Å². The van der Waals surface area contributed by atoms with Crippen molar-refractivity contribution in [2.45, 2.75) is 25.8 Å². The number of hydrogen-bond acceptors (Lipinski definition) is 2. The molecule has 2 aliphatic rings. The molecule has 0 amide bonds. The van der Waals surface area contributed by atoms with Gasteiger partial charge in [0.15, 0.2) is 0 Å². The van der Waals surface area contributed by atoms with Gasteiger partial charge < -0.3 is 5.32 Å². The van der Waals surface area contributed by atoms with Crippen LogP contribution in [0.4, 0.5) is 0 Å². The topological polar surface area (TPSA) is 15.3 Å². The molecular weight excluding hydrogens is 244 g/mol. The van der Waals surface area contributed by atoms with Crippen molar-refractivity contribution in [3.05, 3.63) is 34.3 Å². The molecule has 1 saturated heterocycles. The molecule has 3 rings (SSSR count). The highest BCUT2D eigenvalue weighted by atomic mass is 35.5. The van der Waals surface area contributed by atoms with Crippen molar-refractivity contribution in [2.75, 3.05) is 26.2 Å². The molecule has 0 aromatic heterocycles. The Morgan fingerprint density at radius 1 is 1.28 bits per heavy atom. The Morgan fingerprint density at radius 3 is 2.61 bits per heavy atom. The van der Waals surface area contributed by atoms with Gasteiger partial charge in [0.25, 0.3) is 0 Å². The highest BCUT2D eigenvalue weighted by molar-refractivity contribution is 6.31. The van der Waals surface area contributed by atoms with E-state index in [9.17, 15) is 0 Å². The summed E-state index contributed by atoms with van der Waals surface area (Å²) in [7, 11) is 0. The lowest BCUT2D eigenvalue weighted by molar-refractivity contribution is 0.156. The Balaban J connectivity index is 1.93. The van der Waals surface area contributed by atoms with Crippen molar-refractivity contribution in [3.63, 3.8) is 0 Å². The van der Waals surface area contributed by atoms with Crippen LogP contribution in [0.1, 0.15) is 30.0 Å². The lowest BCUT2D eigenvalue weighted by Crippen LogP contribution is -2.45. The predicted octanol–water partition coefficient (Wildman–Crippen LogP) is 3.00. The average Bonchev–Trinajstić information content (AvgIpc) is 3.19. The van der Waals surface area contributed by atoms with Gasteiger partial charge in [0.2, 0.25) is 0 Å². The first-order valence-electron chi connectivity index (χ1n) is 6.97. The quantitative estimate of drug-likeness (QED) is 0.903. The molecule has 0 bridgehead atoms. The molecule has 1 saturated carbocycles. The minimum Gasteiger partial charge on any atom is -0.314 e. The van der Waals surface area contributed by atoms with Gasteiger partial charge in [0.1, 0.15) is 0 Å². The van der Waals surface area contributed by atoms with Crippen LogP contribution in [0, 0.1) is 12.8 Å². The molecule has 18 heavy (non-hydrogen) atoms. The van der Waals surface area contributed by atoms with E-state index < -0.39 is 0 Å². The zero-order chi connectivity index (χ0) is 12.5. The van der Waals surface area contributed by atoms with E-state index in [1.54, 1.807) is 0 Å². The van der Waals surface area contributed by atoms with Gasteiger partial charge in [-0.25, -0.2) is 0 Å². The summed E-state index contributed by atoms with van der Waals surface area (Å²) < 4.78 is 0. The van der Waals surface area contributed by atoms with Crippen molar-refractivity contribution in [3.8, 4) is 0 Å². The Kier molecular flexibility index (Phi) is 3.60. The van der Waals surface area contributed by atoms with Crippen molar-refractivity contribution in [1.29, 1.82) is 0 Å². The SMILES string of the molecule is Cc1cccc(Cl)c1[C@H](C1CC1)N1CCNCC1. The van der Waals surface area contributed by atoms with Gasteiger partial charge in [-0.2, -0.15) is 0 Å². The highest BCUT2D eigenvalue weighted by Gasteiger charge is 2.38. The lowest BCUT2D eigenvalue weighted by Gasteiger charge is -2.36. The summed E-state index contributed by atoms with van der Waals surface area (Å²) in [5.41, 5.74) is 2.72. The molecule has 0 spiro atoms. The van der Waals surface area contributed by atoms with Gasteiger partial charge in [-0.1, -0.05) is 23.7 Å². The van der Waals surface area contributed by atoms with Gasteiger partial charge in [-0.3, -0.25) is 4.90 Å². The van der Waals surface area contributed by atoms with E-state index in [1.165, 1.54) is 24.0 Å². The summed E-state index contributed by atoms with van der Waals surface area (Å²) in [6.07, 6.45) is 2.72. The molecule has 0 unspecified atom stereocenters. The first-order valence-corrected chi connectivity index (χ1v) is 7.35. The Bertz CT molecular complexity index is 402. The monoisotopic (exact) mass is 264 g/mol. The van der Waals surface area contributed by atoms with Gasteiger partial charge in [-0.15, -0.1) is 0 Å². The zero-order valence-electron chi connectivity index (χ0n) is 11.0. The smallest absolute Gasteiger partial charge is 0.0456 e. The summed E-state index contributed by atoms with van der Waals surface area (Å²) in [6.45, 7) is 6.69. The van der Waals surface area contributed by atoms with Crippen LogP contribution in [0.15, 0.2) is 18.2 Å². The molecule has 1 N–H and O–H groups in total. The third kappa shape index (κ3) is 2.42. The highest BCUT2D eigenvalue weighted by Crippen LogP contribution is 2.47. The number of rotatable bonds is 3. The molecule has 1 aromatic rings. The van der Waals surface area contributed by atoms with Crippen LogP contribution in [0.5, 0.6) is 0 Å². The van der Waals surface area contributed by atoms with Gasteiger partial charge in [0.05, 0.1) is 0 Å². The summed E-state index contributed by atoms with van der Waals surface area (Å²) in [6, 6.07) is 6.84. The van der Waals surface area contributed by atoms with Crippen molar-refractivity contribution in [1.82, 2.24) is 10.2 Å². The summed E-state index contributed by atoms with van der Waals surface area (Å²) in [5.74, 6) is 0.821. The van der Waals surface area contributed by atoms with Crippen LogP contribution in [0.25, 0.3) is 0 Å². The molecule has 1 aliphatic carbocycles. The van der Waals surface area contributed by atoms with Crippen molar-refractivity contribution >= 4 is 11.6 Å². The van der Waals surface area contributed by atoms with E-state index in [0.29, 0.717) is 6.04 Å². The lowest BCUT2D eigenvalue weighted by atomic mass is 9.95. The van der Waals surface area contributed by atoms with Crippen LogP contribution in [-0.2, 0) is 0 Å². The number of nitrogens with zero attached hydrogens (tertiary/aromatic N) is 1. The third-order valence-corrected chi connectivity index (χ3v) is 4.51. The van der Waals surface area contributed by atoms with Crippen LogP contribution < -0.4 is 5.32 Å². The van der Waals surface area contributed by atoms with Crippen molar-refractivity contribution in [2.24, 2.45) is 5.92 Å². The number of aryl methyl sites for hydroxylation is 1. The van der Waals surface area contributed by atoms with E-state index in [4.69, 9.17) is 11.6 Å². The second-order valence-electron chi connectivity index (χ2n) is 5.54. The number of hydrogen-bond donors (Lipinski definition) is 1. The van der Waals surface area contributed by atoms with E-state index in [-0.39, 0.29) is 0 Å². The van der Waals surface area contributed by atoms with E-state index in [0.717, 1.165) is 37.1 Å². The first kappa shape index (κ1) is 12.5. The van der Waals surface area contributed by atoms with Crippen LogP contribution >= 0.6 is 11.6 Å². The molecule has 0 radical (unpaired) electrons. The Morgan fingerprint density at radius 2 is 2.00 bits per heavy atom. The van der Waals surface area contributed by atoms with Gasteiger partial charge >= 0.3 is 0 Å². The van der Waals surface area contributed by atoms with E-state index in [2.05, 4.69) is 29.3 Å². The molecule has 98 valence electrons. The molecule has 2 fully saturated rings. The third-order valence-electron chi connectivity index (χ3n) is 4.18.